The number of fused-ring (bicyclic) bond motifs is 8. The molecule has 0 amide bonds. The summed E-state index contributed by atoms with van der Waals surface area (Å²) in [6, 6.07) is 68.6. The summed E-state index contributed by atoms with van der Waals surface area (Å²) in [6.45, 7) is 4.76. The van der Waals surface area contributed by atoms with Gasteiger partial charge in [-0.1, -0.05) is 153 Å². The van der Waals surface area contributed by atoms with E-state index in [1.54, 1.807) is 0 Å². The Hall–Kier alpha value is -7.62. The van der Waals surface area contributed by atoms with Crippen molar-refractivity contribution < 1.29 is 0 Å². The molecule has 1 aromatic heterocycles. The molecule has 1 aliphatic carbocycles. The Bertz CT molecular complexity index is 3600. The highest BCUT2D eigenvalue weighted by atomic mass is 15.0. The van der Waals surface area contributed by atoms with E-state index in [9.17, 15) is 0 Å². The molecule has 3 heteroatoms. The second kappa shape index (κ2) is 12.7. The fourth-order valence-corrected chi connectivity index (χ4v) is 10.4. The number of benzene rings is 10. The highest BCUT2D eigenvalue weighted by molar-refractivity contribution is 6.23. The number of aromatic nitrogens is 1. The van der Waals surface area contributed by atoms with Gasteiger partial charge in [-0.25, -0.2) is 0 Å². The van der Waals surface area contributed by atoms with Gasteiger partial charge in [-0.05, 0) is 136 Å². The lowest BCUT2D eigenvalue weighted by Crippen LogP contribution is -2.15. The van der Waals surface area contributed by atoms with Crippen LogP contribution in [0.4, 0.5) is 11.4 Å². The molecule has 0 bridgehead atoms. The molecule has 0 radical (unpaired) electrons. The Balaban J connectivity index is 1.15. The van der Waals surface area contributed by atoms with Crippen LogP contribution < -0.4 is 11.5 Å². The maximum Gasteiger partial charge on any atom is 0.0792 e. The van der Waals surface area contributed by atoms with Crippen molar-refractivity contribution in [1.82, 2.24) is 4.57 Å². The van der Waals surface area contributed by atoms with Crippen LogP contribution in [0, 0.1) is 0 Å². The highest BCUT2D eigenvalue weighted by Crippen LogP contribution is 2.54. The van der Waals surface area contributed by atoms with E-state index in [-0.39, 0.29) is 5.41 Å². The van der Waals surface area contributed by atoms with Crippen molar-refractivity contribution >= 4 is 65.4 Å². The van der Waals surface area contributed by atoms with Gasteiger partial charge in [-0.2, -0.15) is 0 Å². The molecule has 11 aromatic rings. The summed E-state index contributed by atoms with van der Waals surface area (Å²) < 4.78 is 2.30. The summed E-state index contributed by atoms with van der Waals surface area (Å²) in [5.74, 6) is 0. The molecule has 3 nitrogen and oxygen atoms in total. The second-order valence-corrected chi connectivity index (χ2v) is 16.9. The largest absolute Gasteiger partial charge is 0.398 e. The lowest BCUT2D eigenvalue weighted by atomic mass is 9.79. The molecular weight excluding hydrogens is 727 g/mol. The van der Waals surface area contributed by atoms with E-state index in [2.05, 4.69) is 188 Å². The molecule has 10 aromatic carbocycles. The molecule has 0 atom stereocenters. The van der Waals surface area contributed by atoms with Crippen LogP contribution in [0.15, 0.2) is 188 Å². The minimum Gasteiger partial charge on any atom is -0.398 e. The molecule has 0 saturated carbocycles. The lowest BCUT2D eigenvalue weighted by molar-refractivity contribution is 0.660. The molecule has 0 fully saturated rings. The minimum atomic E-state index is -0.301. The van der Waals surface area contributed by atoms with Crippen LogP contribution in [0.2, 0.25) is 0 Å². The second-order valence-electron chi connectivity index (χ2n) is 16.9. The van der Waals surface area contributed by atoms with Crippen molar-refractivity contribution in [2.45, 2.75) is 19.3 Å². The van der Waals surface area contributed by atoms with Gasteiger partial charge in [0.15, 0.2) is 0 Å². The maximum absolute atomic E-state index is 7.02. The van der Waals surface area contributed by atoms with Crippen LogP contribution >= 0.6 is 0 Å². The van der Waals surface area contributed by atoms with Gasteiger partial charge in [-0.3, -0.25) is 0 Å². The topological polar surface area (TPSA) is 57.0 Å². The van der Waals surface area contributed by atoms with Crippen molar-refractivity contribution in [3.63, 3.8) is 0 Å². The van der Waals surface area contributed by atoms with E-state index in [1.165, 1.54) is 87.6 Å². The fourth-order valence-electron chi connectivity index (χ4n) is 10.4. The Labute approximate surface area is 348 Å². The standard InChI is InChI=1S/C57H41N3/c1-57(2)49-31-40(60-52-22-12-10-20-45(52)55(59)56(60)44-19-9-11-21-51(44)58)27-28-41(49)46-32-47-48(33-50(46)57)54(39-26-24-35-14-4-6-16-37(35)30-39)43-18-8-7-17-42(43)53(47)38-25-23-34-13-3-5-15-36(34)29-38/h3-33H,58-59H2,1-2H3. The van der Waals surface area contributed by atoms with Crippen LogP contribution in [0.3, 0.4) is 0 Å². The van der Waals surface area contributed by atoms with E-state index < -0.39 is 0 Å². The molecule has 0 saturated heterocycles. The number of rotatable bonds is 4. The smallest absolute Gasteiger partial charge is 0.0792 e. The number of para-hydroxylation sites is 2. The van der Waals surface area contributed by atoms with Crippen molar-refractivity contribution in [3.05, 3.63) is 199 Å². The molecule has 0 spiro atoms. The summed E-state index contributed by atoms with van der Waals surface area (Å²) in [7, 11) is 0. The third-order valence-corrected chi connectivity index (χ3v) is 13.3. The summed E-state index contributed by atoms with van der Waals surface area (Å²) in [4.78, 5) is 0. The number of nitrogen functional groups attached to an aromatic ring is 2. The first kappa shape index (κ1) is 34.4. The van der Waals surface area contributed by atoms with E-state index >= 15 is 0 Å². The molecule has 12 rings (SSSR count). The van der Waals surface area contributed by atoms with Gasteiger partial charge in [0.1, 0.15) is 0 Å². The average molecular weight is 768 g/mol. The van der Waals surface area contributed by atoms with Gasteiger partial charge < -0.3 is 16.0 Å². The minimum absolute atomic E-state index is 0.301. The van der Waals surface area contributed by atoms with E-state index in [0.29, 0.717) is 5.69 Å². The van der Waals surface area contributed by atoms with Crippen molar-refractivity contribution in [2.75, 3.05) is 11.5 Å². The van der Waals surface area contributed by atoms with Gasteiger partial charge in [0.2, 0.25) is 0 Å². The van der Waals surface area contributed by atoms with Crippen LogP contribution in [0.1, 0.15) is 25.0 Å². The first-order valence-corrected chi connectivity index (χ1v) is 20.8. The molecular formula is C57H41N3. The van der Waals surface area contributed by atoms with Crippen molar-refractivity contribution in [2.24, 2.45) is 0 Å². The molecule has 0 aliphatic heterocycles. The third-order valence-electron chi connectivity index (χ3n) is 13.3. The quantitative estimate of drug-likeness (QED) is 0.138. The number of nitrogens with zero attached hydrogens (tertiary/aromatic N) is 1. The average Bonchev–Trinajstić information content (AvgIpc) is 3.70. The molecule has 0 unspecified atom stereocenters. The number of hydrogen-bond donors (Lipinski definition) is 2. The van der Waals surface area contributed by atoms with Crippen LogP contribution in [-0.4, -0.2) is 4.57 Å². The Kier molecular flexibility index (Phi) is 7.28. The summed E-state index contributed by atoms with van der Waals surface area (Å²) >= 11 is 0. The van der Waals surface area contributed by atoms with Gasteiger partial charge >= 0.3 is 0 Å². The SMILES string of the molecule is CC1(C)c2cc(-n3c(-c4ccccc4N)c(N)c4ccccc43)ccc2-c2cc3c(-c4ccc5ccccc5c4)c4ccccc4c(-c4ccc5ccccc5c4)c3cc21. The van der Waals surface area contributed by atoms with E-state index in [0.717, 1.165) is 33.5 Å². The van der Waals surface area contributed by atoms with Gasteiger partial charge in [0.05, 0.1) is 16.9 Å². The Morgan fingerprint density at radius 1 is 0.400 bits per heavy atom. The zero-order valence-electron chi connectivity index (χ0n) is 33.5. The Morgan fingerprint density at radius 3 is 1.58 bits per heavy atom. The van der Waals surface area contributed by atoms with Crippen LogP contribution in [0.25, 0.3) is 104 Å². The maximum atomic E-state index is 7.02. The number of anilines is 2. The first-order valence-electron chi connectivity index (χ1n) is 20.8. The third kappa shape index (κ3) is 4.90. The fraction of sp³-hybridized carbons (Fsp3) is 0.0526. The molecule has 284 valence electrons. The lowest BCUT2D eigenvalue weighted by Gasteiger charge is -2.24. The molecule has 4 N–H and O–H groups in total. The van der Waals surface area contributed by atoms with E-state index in [4.69, 9.17) is 11.5 Å². The van der Waals surface area contributed by atoms with Gasteiger partial charge in [0, 0.05) is 27.7 Å². The highest BCUT2D eigenvalue weighted by Gasteiger charge is 2.37. The van der Waals surface area contributed by atoms with Crippen molar-refractivity contribution in [3.8, 4) is 50.3 Å². The molecule has 1 aliphatic rings. The van der Waals surface area contributed by atoms with Crippen molar-refractivity contribution in [1.29, 1.82) is 0 Å². The van der Waals surface area contributed by atoms with E-state index in [1.807, 2.05) is 18.2 Å². The summed E-state index contributed by atoms with van der Waals surface area (Å²) in [6.07, 6.45) is 0. The Morgan fingerprint density at radius 2 is 0.933 bits per heavy atom. The summed E-state index contributed by atoms with van der Waals surface area (Å²) in [5, 5.41) is 11.0. The summed E-state index contributed by atoms with van der Waals surface area (Å²) in [5.41, 5.74) is 28.9. The van der Waals surface area contributed by atoms with Crippen LogP contribution in [-0.2, 0) is 5.41 Å². The molecule has 60 heavy (non-hydrogen) atoms. The molecule has 1 heterocycles. The predicted octanol–water partition coefficient (Wildman–Crippen LogP) is 14.7. The van der Waals surface area contributed by atoms with Gasteiger partial charge in [0.25, 0.3) is 0 Å². The normalized spacial score (nSPS) is 13.1. The van der Waals surface area contributed by atoms with Crippen LogP contribution in [0.5, 0.6) is 0 Å². The zero-order valence-corrected chi connectivity index (χ0v) is 33.5. The predicted molar refractivity (Wildman–Crippen MR) is 256 cm³/mol. The monoisotopic (exact) mass is 767 g/mol. The number of nitrogens with two attached hydrogens (primary N) is 2. The van der Waals surface area contributed by atoms with Gasteiger partial charge in [-0.15, -0.1) is 0 Å². The zero-order chi connectivity index (χ0) is 40.3. The first-order chi connectivity index (χ1) is 29.3. The number of hydrogen-bond acceptors (Lipinski definition) is 2.